The molecular weight excluding hydrogens is 382 g/mol. The molecular formula is C23H27N3O2S. The molecule has 0 aliphatic rings. The van der Waals surface area contributed by atoms with Crippen molar-refractivity contribution in [1.82, 2.24) is 14.9 Å². The number of nitrogens with one attached hydrogen (secondary N) is 1. The van der Waals surface area contributed by atoms with Crippen molar-refractivity contribution < 1.29 is 4.79 Å². The zero-order valence-corrected chi connectivity index (χ0v) is 17.8. The summed E-state index contributed by atoms with van der Waals surface area (Å²) >= 11 is 1.30. The maximum atomic E-state index is 13.3. The molecule has 1 amide bonds. The summed E-state index contributed by atoms with van der Waals surface area (Å²) in [5.41, 5.74) is 2.43. The van der Waals surface area contributed by atoms with Crippen molar-refractivity contribution >= 4 is 28.6 Å². The molecule has 152 valence electrons. The number of thioether (sulfide) groups is 1. The van der Waals surface area contributed by atoms with E-state index in [4.69, 9.17) is 4.98 Å². The zero-order valence-electron chi connectivity index (χ0n) is 17.0. The third-order valence-corrected chi connectivity index (χ3v) is 5.73. The van der Waals surface area contributed by atoms with E-state index in [9.17, 15) is 9.59 Å². The van der Waals surface area contributed by atoms with Gasteiger partial charge in [-0.3, -0.25) is 14.2 Å². The first-order valence-corrected chi connectivity index (χ1v) is 11.1. The first-order valence-electron chi connectivity index (χ1n) is 10.1. The highest BCUT2D eigenvalue weighted by Crippen LogP contribution is 2.23. The van der Waals surface area contributed by atoms with E-state index >= 15 is 0 Å². The summed E-state index contributed by atoms with van der Waals surface area (Å²) in [6.45, 7) is 4.88. The molecule has 3 rings (SSSR count). The Morgan fingerprint density at radius 3 is 2.62 bits per heavy atom. The first-order chi connectivity index (χ1) is 14.2. The molecule has 1 heterocycles. The smallest absolute Gasteiger partial charge is 0.266 e. The molecule has 2 aromatic carbocycles. The van der Waals surface area contributed by atoms with E-state index in [1.54, 1.807) is 10.6 Å². The lowest BCUT2D eigenvalue weighted by atomic mass is 10.1. The SMILES string of the molecule is CCCCCNC(=O)CSc1nc2ccccc2c(=O)n1-c1ccccc1CC. The number of nitrogens with zero attached hydrogens (tertiary/aromatic N) is 2. The van der Waals surface area contributed by atoms with Gasteiger partial charge in [-0.2, -0.15) is 0 Å². The second-order valence-corrected chi connectivity index (χ2v) is 7.82. The molecule has 6 heteroatoms. The Morgan fingerprint density at radius 2 is 1.83 bits per heavy atom. The summed E-state index contributed by atoms with van der Waals surface area (Å²) < 4.78 is 1.65. The van der Waals surface area contributed by atoms with E-state index in [0.29, 0.717) is 22.6 Å². The minimum Gasteiger partial charge on any atom is -0.355 e. The van der Waals surface area contributed by atoms with Crippen LogP contribution >= 0.6 is 11.8 Å². The number of aryl methyl sites for hydroxylation is 1. The number of amides is 1. The summed E-state index contributed by atoms with van der Waals surface area (Å²) in [7, 11) is 0. The standard InChI is InChI=1S/C23H27N3O2S/c1-3-5-10-15-24-21(27)16-29-23-25-19-13-8-7-12-18(19)22(28)26(23)20-14-9-6-11-17(20)4-2/h6-9,11-14H,3-5,10,15-16H2,1-2H3,(H,24,27). The van der Waals surface area contributed by atoms with Crippen LogP contribution in [0.2, 0.25) is 0 Å². The Bertz CT molecular complexity index is 1050. The van der Waals surface area contributed by atoms with E-state index < -0.39 is 0 Å². The number of benzene rings is 2. The van der Waals surface area contributed by atoms with Crippen molar-refractivity contribution in [2.45, 2.75) is 44.7 Å². The molecule has 1 N–H and O–H groups in total. The van der Waals surface area contributed by atoms with Crippen molar-refractivity contribution in [3.05, 3.63) is 64.4 Å². The van der Waals surface area contributed by atoms with Crippen LogP contribution < -0.4 is 10.9 Å². The van der Waals surface area contributed by atoms with Gasteiger partial charge in [-0.1, -0.05) is 68.8 Å². The fourth-order valence-electron chi connectivity index (χ4n) is 3.23. The Balaban J connectivity index is 1.95. The third kappa shape index (κ3) is 5.07. The van der Waals surface area contributed by atoms with E-state index in [1.165, 1.54) is 11.8 Å². The van der Waals surface area contributed by atoms with Crippen LogP contribution in [-0.4, -0.2) is 27.8 Å². The lowest BCUT2D eigenvalue weighted by molar-refractivity contribution is -0.118. The molecule has 0 saturated carbocycles. The number of hydrogen-bond donors (Lipinski definition) is 1. The summed E-state index contributed by atoms with van der Waals surface area (Å²) in [6, 6.07) is 15.2. The molecule has 0 bridgehead atoms. The van der Waals surface area contributed by atoms with Crippen LogP contribution in [-0.2, 0) is 11.2 Å². The normalized spacial score (nSPS) is 11.0. The number of para-hydroxylation sites is 2. The number of carbonyl (C=O) groups excluding carboxylic acids is 1. The Morgan fingerprint density at radius 1 is 1.07 bits per heavy atom. The molecule has 0 fully saturated rings. The highest BCUT2D eigenvalue weighted by Gasteiger charge is 2.16. The number of unbranched alkanes of at least 4 members (excludes halogenated alkanes) is 2. The average Bonchev–Trinajstić information content (AvgIpc) is 2.75. The van der Waals surface area contributed by atoms with Gasteiger partial charge in [0.25, 0.3) is 5.56 Å². The number of fused-ring (bicyclic) bond motifs is 1. The van der Waals surface area contributed by atoms with Crippen molar-refractivity contribution in [3.63, 3.8) is 0 Å². The molecule has 0 saturated heterocycles. The number of carbonyl (C=O) groups is 1. The topological polar surface area (TPSA) is 64.0 Å². The third-order valence-electron chi connectivity index (χ3n) is 4.79. The van der Waals surface area contributed by atoms with Crippen molar-refractivity contribution in [3.8, 4) is 5.69 Å². The lowest BCUT2D eigenvalue weighted by Gasteiger charge is -2.16. The Labute approximate surface area is 175 Å². The average molecular weight is 410 g/mol. The fourth-order valence-corrected chi connectivity index (χ4v) is 4.07. The largest absolute Gasteiger partial charge is 0.355 e. The predicted molar refractivity (Wildman–Crippen MR) is 120 cm³/mol. The van der Waals surface area contributed by atoms with Crippen LogP contribution in [0.1, 0.15) is 38.7 Å². The van der Waals surface area contributed by atoms with Crippen LogP contribution in [0.3, 0.4) is 0 Å². The number of rotatable bonds is 9. The first kappa shape index (κ1) is 21.1. The minimum absolute atomic E-state index is 0.0381. The van der Waals surface area contributed by atoms with Crippen molar-refractivity contribution in [2.75, 3.05) is 12.3 Å². The summed E-state index contributed by atoms with van der Waals surface area (Å²) in [5, 5.41) is 4.06. The molecule has 0 aliphatic heterocycles. The molecule has 0 atom stereocenters. The highest BCUT2D eigenvalue weighted by molar-refractivity contribution is 7.99. The van der Waals surface area contributed by atoms with Crippen LogP contribution in [0.15, 0.2) is 58.5 Å². The quantitative estimate of drug-likeness (QED) is 0.324. The summed E-state index contributed by atoms with van der Waals surface area (Å²) in [6.07, 6.45) is 4.01. The predicted octanol–water partition coefficient (Wildman–Crippen LogP) is 4.35. The monoisotopic (exact) mass is 409 g/mol. The second-order valence-electron chi connectivity index (χ2n) is 6.88. The van der Waals surface area contributed by atoms with Gasteiger partial charge in [-0.05, 0) is 36.6 Å². The van der Waals surface area contributed by atoms with Crippen molar-refractivity contribution in [2.24, 2.45) is 0 Å². The Hall–Kier alpha value is -2.60. The molecule has 0 radical (unpaired) electrons. The van der Waals surface area contributed by atoms with Gasteiger partial charge in [0.15, 0.2) is 5.16 Å². The maximum absolute atomic E-state index is 13.3. The molecule has 29 heavy (non-hydrogen) atoms. The Kier molecular flexibility index (Phi) is 7.47. The maximum Gasteiger partial charge on any atom is 0.266 e. The van der Waals surface area contributed by atoms with Gasteiger partial charge in [0.05, 0.1) is 22.3 Å². The second kappa shape index (κ2) is 10.3. The zero-order chi connectivity index (χ0) is 20.6. The minimum atomic E-state index is -0.109. The number of hydrogen-bond acceptors (Lipinski definition) is 4. The van der Waals surface area contributed by atoms with Gasteiger partial charge in [-0.25, -0.2) is 4.98 Å². The molecule has 0 spiro atoms. The summed E-state index contributed by atoms with van der Waals surface area (Å²) in [4.78, 5) is 30.3. The van der Waals surface area contributed by atoms with Gasteiger partial charge in [0.2, 0.25) is 5.91 Å². The van der Waals surface area contributed by atoms with Crippen LogP contribution in [0, 0.1) is 0 Å². The molecule has 1 aromatic heterocycles. The van der Waals surface area contributed by atoms with E-state index in [0.717, 1.165) is 36.9 Å². The molecule has 3 aromatic rings. The summed E-state index contributed by atoms with van der Waals surface area (Å²) in [5.74, 6) is 0.189. The molecule has 0 unspecified atom stereocenters. The lowest BCUT2D eigenvalue weighted by Crippen LogP contribution is -2.27. The van der Waals surface area contributed by atoms with Gasteiger partial charge in [0.1, 0.15) is 0 Å². The number of aromatic nitrogens is 2. The van der Waals surface area contributed by atoms with Crippen LogP contribution in [0.5, 0.6) is 0 Å². The van der Waals surface area contributed by atoms with E-state index in [2.05, 4.69) is 19.2 Å². The van der Waals surface area contributed by atoms with E-state index in [-0.39, 0.29) is 17.2 Å². The van der Waals surface area contributed by atoms with Gasteiger partial charge in [-0.15, -0.1) is 0 Å². The van der Waals surface area contributed by atoms with Crippen molar-refractivity contribution in [1.29, 1.82) is 0 Å². The van der Waals surface area contributed by atoms with Gasteiger partial charge in [0, 0.05) is 6.54 Å². The van der Waals surface area contributed by atoms with Gasteiger partial charge < -0.3 is 5.32 Å². The molecule has 5 nitrogen and oxygen atoms in total. The molecule has 0 aliphatic carbocycles. The van der Waals surface area contributed by atoms with Gasteiger partial charge >= 0.3 is 0 Å². The van der Waals surface area contributed by atoms with E-state index in [1.807, 2.05) is 42.5 Å². The van der Waals surface area contributed by atoms with Crippen LogP contribution in [0.4, 0.5) is 0 Å². The van der Waals surface area contributed by atoms with Crippen LogP contribution in [0.25, 0.3) is 16.6 Å². The highest BCUT2D eigenvalue weighted by atomic mass is 32.2. The fraction of sp³-hybridized carbons (Fsp3) is 0.348.